The van der Waals surface area contributed by atoms with E-state index in [4.69, 9.17) is 16.3 Å². The van der Waals surface area contributed by atoms with E-state index in [1.54, 1.807) is 18.2 Å². The minimum Gasteiger partial charge on any atom is -0.381 e. The van der Waals surface area contributed by atoms with Crippen LogP contribution in [0.25, 0.3) is 0 Å². The van der Waals surface area contributed by atoms with Crippen LogP contribution in [-0.2, 0) is 9.53 Å². The van der Waals surface area contributed by atoms with Crippen molar-refractivity contribution in [1.82, 2.24) is 5.32 Å². The molecule has 21 heavy (non-hydrogen) atoms. The molecule has 1 aromatic rings. The molecule has 0 bridgehead atoms. The summed E-state index contributed by atoms with van der Waals surface area (Å²) in [5.41, 5.74) is 0.861. The molecular formula is C15H21ClN2O3. The van der Waals surface area contributed by atoms with Crippen molar-refractivity contribution in [2.45, 2.75) is 20.3 Å². The van der Waals surface area contributed by atoms with E-state index in [1.165, 1.54) is 7.05 Å². The van der Waals surface area contributed by atoms with Gasteiger partial charge in [-0.2, -0.15) is 0 Å². The number of benzene rings is 1. The summed E-state index contributed by atoms with van der Waals surface area (Å²) in [4.78, 5) is 23.4. The summed E-state index contributed by atoms with van der Waals surface area (Å²) in [5.74, 6) is -0.0141. The van der Waals surface area contributed by atoms with Gasteiger partial charge in [-0.1, -0.05) is 25.4 Å². The zero-order valence-corrected chi connectivity index (χ0v) is 13.3. The summed E-state index contributed by atoms with van der Waals surface area (Å²) < 4.78 is 5.36. The van der Waals surface area contributed by atoms with Crippen LogP contribution in [0.1, 0.15) is 30.6 Å². The molecule has 0 aromatic heterocycles. The van der Waals surface area contributed by atoms with Gasteiger partial charge < -0.3 is 15.4 Å². The van der Waals surface area contributed by atoms with Crippen molar-refractivity contribution in [3.8, 4) is 0 Å². The summed E-state index contributed by atoms with van der Waals surface area (Å²) in [6.07, 6.45) is 0.269. The number of ether oxygens (including phenoxy) is 1. The lowest BCUT2D eigenvalue weighted by molar-refractivity contribution is -0.117. The maximum absolute atomic E-state index is 11.8. The molecule has 0 unspecified atom stereocenters. The Bertz CT molecular complexity index is 504. The van der Waals surface area contributed by atoms with E-state index in [-0.39, 0.29) is 18.2 Å². The van der Waals surface area contributed by atoms with Gasteiger partial charge in [-0.3, -0.25) is 9.59 Å². The number of anilines is 1. The highest BCUT2D eigenvalue weighted by molar-refractivity contribution is 6.34. The van der Waals surface area contributed by atoms with Gasteiger partial charge in [0.25, 0.3) is 5.91 Å². The van der Waals surface area contributed by atoms with Crippen LogP contribution in [0.4, 0.5) is 5.69 Å². The Morgan fingerprint density at radius 3 is 2.67 bits per heavy atom. The third-order valence-electron chi connectivity index (χ3n) is 2.65. The van der Waals surface area contributed by atoms with E-state index in [9.17, 15) is 9.59 Å². The number of amides is 2. The Kier molecular flexibility index (Phi) is 7.19. The lowest BCUT2D eigenvalue weighted by Crippen LogP contribution is -2.19. The van der Waals surface area contributed by atoms with Crippen LogP contribution in [0.3, 0.4) is 0 Å². The minimum absolute atomic E-state index is 0.163. The van der Waals surface area contributed by atoms with Crippen molar-refractivity contribution in [1.29, 1.82) is 0 Å². The molecule has 0 radical (unpaired) electrons. The Hall–Kier alpha value is -1.59. The number of carbonyl (C=O) groups is 2. The number of carbonyl (C=O) groups excluding carboxylic acids is 2. The third kappa shape index (κ3) is 6.14. The molecule has 116 valence electrons. The van der Waals surface area contributed by atoms with Crippen molar-refractivity contribution in [2.75, 3.05) is 25.6 Å². The lowest BCUT2D eigenvalue weighted by Gasteiger charge is -2.09. The number of halogens is 1. The standard InChI is InChI=1S/C15H21ClN2O3/c1-10(2)9-21-7-6-14(19)18-11-4-5-13(16)12(8-11)15(20)17-3/h4-5,8,10H,6-7,9H2,1-3H3,(H,17,20)(H,18,19). The first-order chi connectivity index (χ1) is 9.93. The van der Waals surface area contributed by atoms with Crippen LogP contribution in [0.15, 0.2) is 18.2 Å². The molecular weight excluding hydrogens is 292 g/mol. The molecule has 2 amide bonds. The fraction of sp³-hybridized carbons (Fsp3) is 0.467. The van der Waals surface area contributed by atoms with Crippen molar-refractivity contribution < 1.29 is 14.3 Å². The van der Waals surface area contributed by atoms with Gasteiger partial charge in [0, 0.05) is 19.3 Å². The minimum atomic E-state index is -0.295. The summed E-state index contributed by atoms with van der Waals surface area (Å²) in [6.45, 7) is 5.11. The highest BCUT2D eigenvalue weighted by atomic mass is 35.5. The second-order valence-electron chi connectivity index (χ2n) is 5.04. The topological polar surface area (TPSA) is 67.4 Å². The van der Waals surface area contributed by atoms with Gasteiger partial charge in [0.1, 0.15) is 0 Å². The zero-order valence-electron chi connectivity index (χ0n) is 12.5. The van der Waals surface area contributed by atoms with E-state index < -0.39 is 0 Å². The van der Waals surface area contributed by atoms with Crippen LogP contribution < -0.4 is 10.6 Å². The quantitative estimate of drug-likeness (QED) is 0.761. The highest BCUT2D eigenvalue weighted by Crippen LogP contribution is 2.20. The van der Waals surface area contributed by atoms with Crippen LogP contribution in [0, 0.1) is 5.92 Å². The van der Waals surface area contributed by atoms with Gasteiger partial charge in [0.05, 0.1) is 23.6 Å². The third-order valence-corrected chi connectivity index (χ3v) is 2.98. The fourth-order valence-corrected chi connectivity index (χ4v) is 1.82. The maximum atomic E-state index is 11.8. The number of rotatable bonds is 7. The fourth-order valence-electron chi connectivity index (χ4n) is 1.62. The normalized spacial score (nSPS) is 10.5. The highest BCUT2D eigenvalue weighted by Gasteiger charge is 2.11. The second kappa shape index (κ2) is 8.64. The Labute approximate surface area is 130 Å². The molecule has 0 atom stereocenters. The van der Waals surface area contributed by atoms with E-state index in [0.29, 0.717) is 35.4 Å². The molecule has 0 heterocycles. The molecule has 6 heteroatoms. The van der Waals surface area contributed by atoms with E-state index >= 15 is 0 Å². The number of hydrogen-bond acceptors (Lipinski definition) is 3. The molecule has 0 fully saturated rings. The smallest absolute Gasteiger partial charge is 0.252 e. The maximum Gasteiger partial charge on any atom is 0.252 e. The first kappa shape index (κ1) is 17.5. The van der Waals surface area contributed by atoms with Crippen LogP contribution in [0.5, 0.6) is 0 Å². The summed E-state index contributed by atoms with van der Waals surface area (Å²) in [6, 6.07) is 4.78. The van der Waals surface area contributed by atoms with Crippen molar-refractivity contribution in [2.24, 2.45) is 5.92 Å². The van der Waals surface area contributed by atoms with E-state index in [2.05, 4.69) is 10.6 Å². The van der Waals surface area contributed by atoms with E-state index in [0.717, 1.165) is 0 Å². The van der Waals surface area contributed by atoms with Gasteiger partial charge in [-0.25, -0.2) is 0 Å². The molecule has 2 N–H and O–H groups in total. The molecule has 5 nitrogen and oxygen atoms in total. The first-order valence-electron chi connectivity index (χ1n) is 6.83. The van der Waals surface area contributed by atoms with Crippen LogP contribution in [-0.4, -0.2) is 32.1 Å². The molecule has 0 saturated heterocycles. The second-order valence-corrected chi connectivity index (χ2v) is 5.45. The van der Waals surface area contributed by atoms with Gasteiger partial charge in [0.15, 0.2) is 0 Å². The van der Waals surface area contributed by atoms with Gasteiger partial charge in [-0.05, 0) is 24.1 Å². The monoisotopic (exact) mass is 312 g/mol. The van der Waals surface area contributed by atoms with Crippen molar-refractivity contribution in [3.05, 3.63) is 28.8 Å². The number of hydrogen-bond donors (Lipinski definition) is 2. The predicted octanol–water partition coefficient (Wildman–Crippen LogP) is 2.70. The molecule has 0 spiro atoms. The summed E-state index contributed by atoms with van der Waals surface area (Å²) >= 11 is 5.94. The zero-order chi connectivity index (χ0) is 15.8. The Morgan fingerprint density at radius 2 is 2.05 bits per heavy atom. The van der Waals surface area contributed by atoms with Crippen molar-refractivity contribution in [3.63, 3.8) is 0 Å². The van der Waals surface area contributed by atoms with Gasteiger partial charge in [-0.15, -0.1) is 0 Å². The van der Waals surface area contributed by atoms with Crippen molar-refractivity contribution >= 4 is 29.1 Å². The molecule has 0 aliphatic rings. The summed E-state index contributed by atoms with van der Waals surface area (Å²) in [7, 11) is 1.52. The SMILES string of the molecule is CNC(=O)c1cc(NC(=O)CCOCC(C)C)ccc1Cl. The molecule has 0 aliphatic heterocycles. The van der Waals surface area contributed by atoms with Crippen LogP contribution in [0.2, 0.25) is 5.02 Å². The average Bonchev–Trinajstić information content (AvgIpc) is 2.44. The first-order valence-corrected chi connectivity index (χ1v) is 7.21. The summed E-state index contributed by atoms with van der Waals surface area (Å²) in [5, 5.41) is 5.56. The predicted molar refractivity (Wildman–Crippen MR) is 83.7 cm³/mol. The molecule has 0 aliphatic carbocycles. The average molecular weight is 313 g/mol. The van der Waals surface area contributed by atoms with Crippen LogP contribution >= 0.6 is 11.6 Å². The van der Waals surface area contributed by atoms with E-state index in [1.807, 2.05) is 13.8 Å². The van der Waals surface area contributed by atoms with Gasteiger partial charge >= 0.3 is 0 Å². The molecule has 1 rings (SSSR count). The number of nitrogens with one attached hydrogen (secondary N) is 2. The Balaban J connectivity index is 2.54. The molecule has 1 aromatic carbocycles. The molecule has 0 saturated carbocycles. The van der Waals surface area contributed by atoms with Gasteiger partial charge in [0.2, 0.25) is 5.91 Å². The lowest BCUT2D eigenvalue weighted by atomic mass is 10.2. The largest absolute Gasteiger partial charge is 0.381 e. The Morgan fingerprint density at radius 1 is 1.33 bits per heavy atom.